The second-order valence-electron chi connectivity index (χ2n) is 11.5. The van der Waals surface area contributed by atoms with Crippen LogP contribution in [-0.4, -0.2) is 77.7 Å². The van der Waals surface area contributed by atoms with Crippen molar-refractivity contribution in [2.24, 2.45) is 4.99 Å². The van der Waals surface area contributed by atoms with Crippen LogP contribution in [0.15, 0.2) is 81.9 Å². The lowest BCUT2D eigenvalue weighted by Crippen LogP contribution is -2.39. The number of alkyl halides is 2. The molecule has 0 unspecified atom stereocenters. The normalized spacial score (nSPS) is 20.5. The summed E-state index contributed by atoms with van der Waals surface area (Å²) >= 11 is 7.81. The zero-order chi connectivity index (χ0) is 35.2. The summed E-state index contributed by atoms with van der Waals surface area (Å²) in [6.07, 6.45) is 1.65. The monoisotopic (exact) mass is 746 g/mol. The van der Waals surface area contributed by atoms with Gasteiger partial charge in [0.15, 0.2) is 10.8 Å². The smallest absolute Gasteiger partial charge is 0.407 e. The Kier molecular flexibility index (Phi) is 9.10. The Morgan fingerprint density at radius 1 is 1.20 bits per heavy atom. The van der Waals surface area contributed by atoms with Crippen LogP contribution in [0.5, 0.6) is 0 Å². The fourth-order valence-corrected chi connectivity index (χ4v) is 8.16. The van der Waals surface area contributed by atoms with E-state index in [1.807, 2.05) is 0 Å². The molecule has 0 spiro atoms. The number of thiazole rings is 1. The lowest BCUT2D eigenvalue weighted by molar-refractivity contribution is 0.0564. The van der Waals surface area contributed by atoms with Crippen LogP contribution in [0.2, 0.25) is 5.02 Å². The molecule has 19 heteroatoms. The minimum Gasteiger partial charge on any atom is -0.442 e. The van der Waals surface area contributed by atoms with Crippen LogP contribution < -0.4 is 15.4 Å². The first-order valence-electron chi connectivity index (χ1n) is 15.1. The molecule has 3 atom stereocenters. The zero-order valence-corrected chi connectivity index (χ0v) is 28.0. The van der Waals surface area contributed by atoms with Gasteiger partial charge in [-0.1, -0.05) is 23.7 Å². The van der Waals surface area contributed by atoms with E-state index in [4.69, 9.17) is 21.3 Å². The van der Waals surface area contributed by atoms with Crippen molar-refractivity contribution in [1.82, 2.24) is 35.0 Å². The molecular weight excluding hydrogens is 721 g/mol. The number of ether oxygens (including phenoxy) is 1. The number of amidine groups is 1. The first-order chi connectivity index (χ1) is 24.0. The number of sulfonamides is 1. The Balaban J connectivity index is 1.22. The van der Waals surface area contributed by atoms with Gasteiger partial charge in [-0.3, -0.25) is 9.79 Å². The number of fused-ring (bicyclic) bond motifs is 1. The van der Waals surface area contributed by atoms with Crippen molar-refractivity contribution in [2.75, 3.05) is 19.6 Å². The van der Waals surface area contributed by atoms with Gasteiger partial charge in [-0.25, -0.2) is 32.0 Å². The number of benzene rings is 2. The molecule has 0 radical (unpaired) electrons. The van der Waals surface area contributed by atoms with Gasteiger partial charge in [0.2, 0.25) is 10.0 Å². The molecule has 260 valence electrons. The number of hydrogen-bond donors (Lipinski definition) is 3. The Bertz CT molecular complexity index is 2140. The van der Waals surface area contributed by atoms with Crippen LogP contribution in [0.25, 0.3) is 5.57 Å². The highest BCUT2D eigenvalue weighted by atomic mass is 35.5. The third-order valence-corrected chi connectivity index (χ3v) is 10.8. The van der Waals surface area contributed by atoms with Crippen molar-refractivity contribution in [1.29, 1.82) is 0 Å². The van der Waals surface area contributed by atoms with E-state index in [2.05, 4.69) is 25.4 Å². The topological polar surface area (TPSA) is 160 Å². The number of rotatable bonds is 10. The quantitative estimate of drug-likeness (QED) is 0.216. The molecule has 2 saturated heterocycles. The Morgan fingerprint density at radius 3 is 2.74 bits per heavy atom. The first-order valence-corrected chi connectivity index (χ1v) is 17.8. The maximum atomic E-state index is 14.1. The number of nitrogens with zero attached hydrogens (tertiary/aromatic N) is 5. The zero-order valence-electron chi connectivity index (χ0n) is 25.6. The van der Waals surface area contributed by atoms with Gasteiger partial charge >= 0.3 is 12.6 Å². The van der Waals surface area contributed by atoms with Gasteiger partial charge in [0.1, 0.15) is 18.0 Å². The molecular formula is C31H26ClF3N8O5S2. The minimum atomic E-state index is -4.21. The van der Waals surface area contributed by atoms with Gasteiger partial charge in [-0.2, -0.15) is 13.9 Å². The van der Waals surface area contributed by atoms with Gasteiger partial charge in [0.25, 0.3) is 5.91 Å². The molecule has 5 heterocycles. The molecule has 50 heavy (non-hydrogen) atoms. The van der Waals surface area contributed by atoms with Gasteiger partial charge in [-0.15, -0.1) is 11.3 Å². The number of hydrogen-bond acceptors (Lipinski definition) is 10. The number of nitrogens with one attached hydrogen (secondary N) is 3. The van der Waals surface area contributed by atoms with Crippen molar-refractivity contribution < 1.29 is 35.9 Å². The second kappa shape index (κ2) is 13.5. The highest BCUT2D eigenvalue weighted by Crippen LogP contribution is 2.46. The second-order valence-corrected chi connectivity index (χ2v) is 14.5. The molecule has 2 amide bonds. The SMILES string of the molecule is O=C1NC[C@@H](CNC(=O)c2cccc(S(=O)(=O)N[C@H]3CC4=C(c5ccn(C(F)F)n5)[C@H](c5ccc(F)cc5Cl)N=C(c5nccs5)N4C3)c2)O1. The highest BCUT2D eigenvalue weighted by molar-refractivity contribution is 7.89. The lowest BCUT2D eigenvalue weighted by atomic mass is 9.92. The van der Waals surface area contributed by atoms with Crippen LogP contribution in [0, 0.1) is 5.82 Å². The Labute approximate surface area is 291 Å². The third-order valence-electron chi connectivity index (χ3n) is 8.19. The highest BCUT2D eigenvalue weighted by Gasteiger charge is 2.42. The summed E-state index contributed by atoms with van der Waals surface area (Å²) in [5.74, 6) is -0.748. The number of cyclic esters (lactones) is 1. The third kappa shape index (κ3) is 6.70. The molecule has 2 aromatic heterocycles. The van der Waals surface area contributed by atoms with Crippen LogP contribution >= 0.6 is 22.9 Å². The number of amides is 2. The molecule has 3 aliphatic heterocycles. The number of alkyl carbamates (subject to hydrolysis) is 1. The summed E-state index contributed by atoms with van der Waals surface area (Å²) in [6.45, 7) is -2.57. The maximum Gasteiger partial charge on any atom is 0.407 e. The Morgan fingerprint density at radius 2 is 2.04 bits per heavy atom. The largest absolute Gasteiger partial charge is 0.442 e. The van der Waals surface area contributed by atoms with Crippen LogP contribution in [0.3, 0.4) is 0 Å². The van der Waals surface area contributed by atoms with Crippen molar-refractivity contribution in [3.8, 4) is 0 Å². The molecule has 4 aromatic rings. The van der Waals surface area contributed by atoms with E-state index in [9.17, 15) is 31.2 Å². The standard InChI is InChI=1S/C31H26ClF3N8O5S2/c32-22-11-17(33)4-5-21(22)26-25(23-6-8-43(40-23)30(34)35)24-12-18(15-42(24)27(39-26)29-36-7-9-49-29)41-50(46,47)20-3-1-2-16(10-20)28(44)37-13-19-14-38-31(45)48-19/h1-11,18-19,26,30,41H,12-15H2,(H,37,44)(H,38,45)/t18-,19+,26-/m0/s1. The van der Waals surface area contributed by atoms with E-state index >= 15 is 0 Å². The Hall–Kier alpha value is -4.78. The summed E-state index contributed by atoms with van der Waals surface area (Å²) in [5, 5.41) is 11.5. The van der Waals surface area contributed by atoms with E-state index in [1.54, 1.807) is 16.5 Å². The fraction of sp³-hybridized carbons (Fsp3) is 0.258. The van der Waals surface area contributed by atoms with E-state index in [1.165, 1.54) is 53.8 Å². The molecule has 3 N–H and O–H groups in total. The van der Waals surface area contributed by atoms with Crippen molar-refractivity contribution >= 4 is 56.4 Å². The van der Waals surface area contributed by atoms with Crippen LogP contribution in [0.1, 0.15) is 45.6 Å². The van der Waals surface area contributed by atoms with Gasteiger partial charge in [-0.05, 0) is 36.4 Å². The summed E-state index contributed by atoms with van der Waals surface area (Å²) in [5.41, 5.74) is 1.55. The minimum absolute atomic E-state index is 0.0326. The van der Waals surface area contributed by atoms with Crippen LogP contribution in [-0.2, 0) is 14.8 Å². The van der Waals surface area contributed by atoms with Crippen molar-refractivity contribution in [3.63, 3.8) is 0 Å². The van der Waals surface area contributed by atoms with E-state index in [0.717, 1.165) is 12.3 Å². The lowest BCUT2D eigenvalue weighted by Gasteiger charge is -2.32. The number of aromatic nitrogens is 3. The van der Waals surface area contributed by atoms with Crippen molar-refractivity contribution in [3.05, 3.63) is 105 Å². The average Bonchev–Trinajstić information content (AvgIpc) is 3.91. The predicted molar refractivity (Wildman–Crippen MR) is 176 cm³/mol. The molecule has 0 saturated carbocycles. The van der Waals surface area contributed by atoms with Gasteiger partial charge < -0.3 is 20.3 Å². The maximum absolute atomic E-state index is 14.1. The predicted octanol–water partition coefficient (Wildman–Crippen LogP) is 4.33. The van der Waals surface area contributed by atoms with Gasteiger partial charge in [0.05, 0.1) is 23.7 Å². The molecule has 2 aromatic carbocycles. The first kappa shape index (κ1) is 33.7. The molecule has 13 nitrogen and oxygen atoms in total. The van der Waals surface area contributed by atoms with Gasteiger partial charge in [0, 0.05) is 64.2 Å². The van der Waals surface area contributed by atoms with Crippen molar-refractivity contribution in [2.45, 2.75) is 36.1 Å². The number of halogens is 4. The molecule has 0 aliphatic carbocycles. The molecule has 7 rings (SSSR count). The molecule has 0 bridgehead atoms. The van der Waals surface area contributed by atoms with Crippen LogP contribution in [0.4, 0.5) is 18.0 Å². The van der Waals surface area contributed by atoms with E-state index < -0.39 is 52.6 Å². The fourth-order valence-electron chi connectivity index (χ4n) is 5.98. The average molecular weight is 747 g/mol. The van der Waals surface area contributed by atoms with E-state index in [0.29, 0.717) is 32.4 Å². The molecule has 3 aliphatic rings. The van der Waals surface area contributed by atoms with E-state index in [-0.39, 0.29) is 47.2 Å². The number of carbonyl (C=O) groups is 2. The summed E-state index contributed by atoms with van der Waals surface area (Å²) in [7, 11) is -4.21. The number of aliphatic imine (C=N–C) groups is 1. The number of carbonyl (C=O) groups excluding carboxylic acids is 2. The summed E-state index contributed by atoms with van der Waals surface area (Å²) in [6, 6.07) is 8.99. The molecule has 2 fully saturated rings. The summed E-state index contributed by atoms with van der Waals surface area (Å²) < 4.78 is 77.1. The summed E-state index contributed by atoms with van der Waals surface area (Å²) in [4.78, 5) is 35.1.